The second-order valence-electron chi connectivity index (χ2n) is 9.93. The van der Waals surface area contributed by atoms with Gasteiger partial charge >= 0.3 is 23.9 Å². The Kier molecular flexibility index (Phi) is 8.27. The van der Waals surface area contributed by atoms with E-state index in [9.17, 15) is 39.6 Å². The number of hydrogen-bond acceptors (Lipinski definition) is 11. The van der Waals surface area contributed by atoms with E-state index in [1.807, 2.05) is 6.92 Å². The fourth-order valence-corrected chi connectivity index (χ4v) is 5.59. The number of rotatable bonds is 8. The number of ether oxygens (including phenoxy) is 3. The van der Waals surface area contributed by atoms with Crippen LogP contribution < -0.4 is 0 Å². The van der Waals surface area contributed by atoms with Gasteiger partial charge in [-0.05, 0) is 25.2 Å². The number of unbranched alkanes of at least 4 members (excludes halogenated alkanes) is 3. The van der Waals surface area contributed by atoms with E-state index in [2.05, 4.69) is 0 Å². The number of aliphatic hydroxyl groups excluding tert-OH is 4. The lowest BCUT2D eigenvalue weighted by atomic mass is 9.80. The Hall–Kier alpha value is -2.86. The summed E-state index contributed by atoms with van der Waals surface area (Å²) in [6, 6.07) is 0. The molecule has 0 aromatic heterocycles. The Morgan fingerprint density at radius 3 is 2.41 bits per heavy atom. The van der Waals surface area contributed by atoms with Crippen molar-refractivity contribution in [3.63, 3.8) is 0 Å². The molecule has 0 saturated heterocycles. The van der Waals surface area contributed by atoms with Crippen LogP contribution in [0, 0.1) is 11.8 Å². The summed E-state index contributed by atoms with van der Waals surface area (Å²) in [6.07, 6.45) is -1.25. The van der Waals surface area contributed by atoms with Gasteiger partial charge in [0.1, 0.15) is 6.10 Å². The Balaban J connectivity index is 1.77. The van der Waals surface area contributed by atoms with Crippen molar-refractivity contribution in [1.82, 2.24) is 0 Å². The number of carbonyl (C=O) groups excluding carboxylic acids is 4. The molecule has 3 heterocycles. The van der Waals surface area contributed by atoms with Crippen LogP contribution in [-0.4, -0.2) is 75.0 Å². The van der Waals surface area contributed by atoms with Crippen molar-refractivity contribution in [1.29, 1.82) is 0 Å². The zero-order valence-corrected chi connectivity index (χ0v) is 20.5. The first-order valence-corrected chi connectivity index (χ1v) is 12.7. The molecular weight excluding hydrogens is 488 g/mol. The second kappa shape index (κ2) is 11.3. The van der Waals surface area contributed by atoms with E-state index in [0.29, 0.717) is 6.42 Å². The van der Waals surface area contributed by atoms with E-state index in [0.717, 1.165) is 19.3 Å². The van der Waals surface area contributed by atoms with Crippen molar-refractivity contribution < 1.29 is 53.8 Å². The number of hydrogen-bond donors (Lipinski definition) is 4. The van der Waals surface area contributed by atoms with Crippen LogP contribution >= 0.6 is 0 Å². The summed E-state index contributed by atoms with van der Waals surface area (Å²) in [5, 5.41) is 44.2. The summed E-state index contributed by atoms with van der Waals surface area (Å²) in [5.74, 6) is -6.05. The molecule has 0 radical (unpaired) electrons. The van der Waals surface area contributed by atoms with Crippen LogP contribution in [0.15, 0.2) is 34.4 Å². The lowest BCUT2D eigenvalue weighted by Crippen LogP contribution is -2.39. The molecule has 0 fully saturated rings. The molecule has 3 aliphatic heterocycles. The molecule has 0 aromatic carbocycles. The van der Waals surface area contributed by atoms with Crippen LogP contribution in [0.2, 0.25) is 0 Å². The van der Waals surface area contributed by atoms with E-state index in [4.69, 9.17) is 14.2 Å². The van der Waals surface area contributed by atoms with Crippen LogP contribution in [0.5, 0.6) is 0 Å². The van der Waals surface area contributed by atoms with Crippen LogP contribution in [-0.2, 0) is 33.4 Å². The Morgan fingerprint density at radius 2 is 1.70 bits per heavy atom. The number of carbonyl (C=O) groups is 4. The Morgan fingerprint density at radius 1 is 0.946 bits per heavy atom. The van der Waals surface area contributed by atoms with Crippen LogP contribution in [0.1, 0.15) is 58.3 Å². The number of aliphatic hydroxyl groups is 4. The van der Waals surface area contributed by atoms with Gasteiger partial charge in [0.05, 0.1) is 35.0 Å². The van der Waals surface area contributed by atoms with Crippen molar-refractivity contribution in [2.45, 2.75) is 89.0 Å². The Bertz CT molecular complexity index is 1050. The van der Waals surface area contributed by atoms with E-state index in [-0.39, 0.29) is 42.4 Å². The van der Waals surface area contributed by atoms with E-state index < -0.39 is 72.0 Å². The third kappa shape index (κ3) is 5.40. The van der Waals surface area contributed by atoms with Crippen molar-refractivity contribution in [3.05, 3.63) is 34.4 Å². The van der Waals surface area contributed by atoms with Gasteiger partial charge in [-0.1, -0.05) is 38.7 Å². The molecular formula is C26H32O11. The second-order valence-corrected chi connectivity index (χ2v) is 9.93. The van der Waals surface area contributed by atoms with Crippen molar-refractivity contribution >= 4 is 23.9 Å². The van der Waals surface area contributed by atoms with Crippen molar-refractivity contribution in [2.24, 2.45) is 11.8 Å². The molecule has 0 bridgehead atoms. The van der Waals surface area contributed by atoms with Gasteiger partial charge in [-0.2, -0.15) is 0 Å². The van der Waals surface area contributed by atoms with Crippen molar-refractivity contribution in [2.75, 3.05) is 0 Å². The Labute approximate surface area is 213 Å². The van der Waals surface area contributed by atoms with E-state index >= 15 is 0 Å². The highest BCUT2D eigenvalue weighted by Crippen LogP contribution is 2.44. The minimum atomic E-state index is -1.80. The van der Waals surface area contributed by atoms with Gasteiger partial charge in [0.25, 0.3) is 0 Å². The van der Waals surface area contributed by atoms with Gasteiger partial charge < -0.3 is 34.6 Å². The van der Waals surface area contributed by atoms with Crippen LogP contribution in [0.4, 0.5) is 0 Å². The highest BCUT2D eigenvalue weighted by atomic mass is 16.6. The molecule has 0 aromatic rings. The predicted molar refractivity (Wildman–Crippen MR) is 124 cm³/mol. The van der Waals surface area contributed by atoms with Crippen molar-refractivity contribution in [3.8, 4) is 0 Å². The normalized spacial score (nSPS) is 31.6. The fraction of sp³-hybridized carbons (Fsp3) is 0.615. The smallest absolute Gasteiger partial charge is 0.345 e. The maximum Gasteiger partial charge on any atom is 0.345 e. The first-order valence-electron chi connectivity index (χ1n) is 12.7. The van der Waals surface area contributed by atoms with E-state index in [1.165, 1.54) is 12.2 Å². The van der Waals surface area contributed by atoms with E-state index in [1.54, 1.807) is 0 Å². The average molecular weight is 521 g/mol. The molecule has 1 aliphatic carbocycles. The average Bonchev–Trinajstić information content (AvgIpc) is 3.30. The maximum absolute atomic E-state index is 12.9. The monoisotopic (exact) mass is 520 g/mol. The highest BCUT2D eigenvalue weighted by Gasteiger charge is 2.51. The van der Waals surface area contributed by atoms with Crippen LogP contribution in [0.3, 0.4) is 0 Å². The zero-order valence-electron chi connectivity index (χ0n) is 20.5. The van der Waals surface area contributed by atoms with Gasteiger partial charge in [0.15, 0.2) is 0 Å². The van der Waals surface area contributed by atoms with Gasteiger partial charge in [0.2, 0.25) is 6.29 Å². The third-order valence-corrected chi connectivity index (χ3v) is 7.50. The lowest BCUT2D eigenvalue weighted by Gasteiger charge is -2.31. The molecule has 4 rings (SSSR count). The summed E-state index contributed by atoms with van der Waals surface area (Å²) < 4.78 is 15.0. The molecule has 37 heavy (non-hydrogen) atoms. The largest absolute Gasteiger partial charge is 0.456 e. The quantitative estimate of drug-likeness (QED) is 0.152. The topological polar surface area (TPSA) is 177 Å². The molecule has 0 amide bonds. The van der Waals surface area contributed by atoms with Gasteiger partial charge in [-0.3, -0.25) is 0 Å². The standard InChI is InChI=1S/C26H32O11/c1-2-3-4-5-7-15(27)20-18-13(23(31)36-25(18)33)10-12(21(29)16-8-6-9-17(28)35-16)11-14-19(22(20)30)26(34)37-24(14)32/h6,9,12,15-16,20-23,27,29-31H,2-5,7-8,10-11H2,1H3/t12-,15+,16-,20+,21-,22-,23-/m0/s1. The molecule has 4 aliphatic rings. The summed E-state index contributed by atoms with van der Waals surface area (Å²) in [7, 11) is 0. The van der Waals surface area contributed by atoms with Gasteiger partial charge in [-0.15, -0.1) is 0 Å². The van der Waals surface area contributed by atoms with Crippen LogP contribution in [0.25, 0.3) is 0 Å². The van der Waals surface area contributed by atoms with Gasteiger partial charge in [0, 0.05) is 24.0 Å². The van der Waals surface area contributed by atoms with Gasteiger partial charge in [-0.25, -0.2) is 19.2 Å². The summed E-state index contributed by atoms with van der Waals surface area (Å²) in [4.78, 5) is 49.9. The first-order chi connectivity index (χ1) is 17.6. The molecule has 4 N–H and O–H groups in total. The lowest BCUT2D eigenvalue weighted by molar-refractivity contribution is -0.155. The number of esters is 4. The number of cyclic esters (lactones) is 4. The maximum atomic E-state index is 12.9. The summed E-state index contributed by atoms with van der Waals surface area (Å²) >= 11 is 0. The SMILES string of the molecule is CCCCCC[C@@H](O)[C@@H]1C2=C(C[C@H]([C@H](O)[C@@H]3CC=CC(=O)O3)CC3=C(C(=O)OC3=O)[C@@H]1O)[C@@H](O)OC2=O. The molecule has 7 atom stereocenters. The zero-order chi connectivity index (χ0) is 26.9. The first kappa shape index (κ1) is 27.2. The fourth-order valence-electron chi connectivity index (χ4n) is 5.59. The third-order valence-electron chi connectivity index (χ3n) is 7.50. The minimum Gasteiger partial charge on any atom is -0.456 e. The molecule has 0 saturated carbocycles. The summed E-state index contributed by atoms with van der Waals surface area (Å²) in [5.41, 5.74) is -0.748. The minimum absolute atomic E-state index is 0.0328. The molecule has 11 heteroatoms. The highest BCUT2D eigenvalue weighted by molar-refractivity contribution is 6.13. The molecule has 202 valence electrons. The predicted octanol–water partition coefficient (Wildman–Crippen LogP) is 0.489. The molecule has 11 nitrogen and oxygen atoms in total. The molecule has 0 spiro atoms. The summed E-state index contributed by atoms with van der Waals surface area (Å²) in [6.45, 7) is 2.03. The molecule has 0 unspecified atom stereocenters.